The molecule has 2 atom stereocenters. The molecule has 2 unspecified atom stereocenters. The SMILES string of the molecule is CC(CN(C)C(=O)NC1CCCC1(C)C)C(=O)O. The minimum absolute atomic E-state index is 0.134. The summed E-state index contributed by atoms with van der Waals surface area (Å²) in [6, 6.07) is 0.00987. The molecule has 0 aromatic rings. The number of nitrogens with one attached hydrogen (secondary N) is 1. The van der Waals surface area contributed by atoms with Crippen LogP contribution in [0.15, 0.2) is 0 Å². The van der Waals surface area contributed by atoms with Gasteiger partial charge < -0.3 is 15.3 Å². The Balaban J connectivity index is 2.47. The molecule has 0 aliphatic heterocycles. The fraction of sp³-hybridized carbons (Fsp3) is 0.846. The lowest BCUT2D eigenvalue weighted by Crippen LogP contribution is -2.48. The van der Waals surface area contributed by atoms with Gasteiger partial charge in [0.1, 0.15) is 0 Å². The van der Waals surface area contributed by atoms with Crippen molar-refractivity contribution >= 4 is 12.0 Å². The topological polar surface area (TPSA) is 69.6 Å². The largest absolute Gasteiger partial charge is 0.481 e. The van der Waals surface area contributed by atoms with E-state index in [0.717, 1.165) is 19.3 Å². The smallest absolute Gasteiger partial charge is 0.317 e. The summed E-state index contributed by atoms with van der Waals surface area (Å²) in [5, 5.41) is 11.8. The highest BCUT2D eigenvalue weighted by Crippen LogP contribution is 2.37. The lowest BCUT2D eigenvalue weighted by Gasteiger charge is -2.30. The van der Waals surface area contributed by atoms with Gasteiger partial charge in [0.15, 0.2) is 0 Å². The van der Waals surface area contributed by atoms with E-state index in [0.29, 0.717) is 0 Å². The van der Waals surface area contributed by atoms with Gasteiger partial charge in [0, 0.05) is 19.6 Å². The maximum atomic E-state index is 12.0. The number of rotatable bonds is 4. The molecule has 0 bridgehead atoms. The van der Waals surface area contributed by atoms with Crippen LogP contribution in [0.2, 0.25) is 0 Å². The fourth-order valence-electron chi connectivity index (χ4n) is 2.43. The van der Waals surface area contributed by atoms with Crippen LogP contribution in [0.4, 0.5) is 4.79 Å². The van der Waals surface area contributed by atoms with Crippen LogP contribution in [-0.2, 0) is 4.79 Å². The molecule has 0 saturated heterocycles. The van der Waals surface area contributed by atoms with Crippen molar-refractivity contribution in [1.82, 2.24) is 10.2 Å². The van der Waals surface area contributed by atoms with E-state index in [2.05, 4.69) is 19.2 Å². The average Bonchev–Trinajstić information content (AvgIpc) is 2.57. The van der Waals surface area contributed by atoms with Gasteiger partial charge in [0.05, 0.1) is 5.92 Å². The summed E-state index contributed by atoms with van der Waals surface area (Å²) in [4.78, 5) is 24.2. The van der Waals surface area contributed by atoms with E-state index >= 15 is 0 Å². The van der Waals surface area contributed by atoms with Gasteiger partial charge in [-0.25, -0.2) is 4.79 Å². The van der Waals surface area contributed by atoms with Crippen LogP contribution in [0.25, 0.3) is 0 Å². The molecule has 1 fully saturated rings. The normalized spacial score (nSPS) is 23.4. The van der Waals surface area contributed by atoms with Crippen molar-refractivity contribution in [1.29, 1.82) is 0 Å². The van der Waals surface area contributed by atoms with E-state index in [-0.39, 0.29) is 24.0 Å². The van der Waals surface area contributed by atoms with Gasteiger partial charge >= 0.3 is 12.0 Å². The summed E-state index contributed by atoms with van der Waals surface area (Å²) in [7, 11) is 1.64. The minimum atomic E-state index is -0.879. The maximum absolute atomic E-state index is 12.0. The van der Waals surface area contributed by atoms with E-state index in [1.54, 1.807) is 14.0 Å². The second kappa shape index (κ2) is 5.59. The molecule has 1 aliphatic carbocycles. The Morgan fingerprint density at radius 2 is 2.11 bits per heavy atom. The van der Waals surface area contributed by atoms with E-state index in [9.17, 15) is 9.59 Å². The monoisotopic (exact) mass is 256 g/mol. The first-order valence-electron chi connectivity index (χ1n) is 6.48. The summed E-state index contributed by atoms with van der Waals surface area (Å²) in [6.07, 6.45) is 3.25. The van der Waals surface area contributed by atoms with Crippen molar-refractivity contribution in [3.63, 3.8) is 0 Å². The fourth-order valence-corrected chi connectivity index (χ4v) is 2.43. The highest BCUT2D eigenvalue weighted by atomic mass is 16.4. The first kappa shape index (κ1) is 14.8. The molecule has 18 heavy (non-hydrogen) atoms. The average molecular weight is 256 g/mol. The van der Waals surface area contributed by atoms with Gasteiger partial charge in [-0.15, -0.1) is 0 Å². The predicted molar refractivity (Wildman–Crippen MR) is 69.4 cm³/mol. The lowest BCUT2D eigenvalue weighted by molar-refractivity contribution is -0.141. The van der Waals surface area contributed by atoms with Crippen molar-refractivity contribution < 1.29 is 14.7 Å². The predicted octanol–water partition coefficient (Wildman–Crippen LogP) is 1.93. The van der Waals surface area contributed by atoms with E-state index in [1.807, 2.05) is 0 Å². The van der Waals surface area contributed by atoms with Gasteiger partial charge in [0.25, 0.3) is 0 Å². The van der Waals surface area contributed by atoms with Crippen LogP contribution in [0, 0.1) is 11.3 Å². The van der Waals surface area contributed by atoms with Gasteiger partial charge in [-0.3, -0.25) is 4.79 Å². The summed E-state index contributed by atoms with van der Waals surface area (Å²) in [5.41, 5.74) is 0.134. The third-order valence-corrected chi connectivity index (χ3v) is 3.87. The van der Waals surface area contributed by atoms with E-state index < -0.39 is 11.9 Å². The van der Waals surface area contributed by atoms with Crippen molar-refractivity contribution in [2.45, 2.75) is 46.1 Å². The summed E-state index contributed by atoms with van der Waals surface area (Å²) in [6.45, 7) is 6.15. The number of amides is 2. The number of carboxylic acids is 1. The number of carboxylic acid groups (broad SMARTS) is 1. The molecule has 0 aromatic carbocycles. The molecule has 5 nitrogen and oxygen atoms in total. The van der Waals surface area contributed by atoms with Crippen molar-refractivity contribution in [3.05, 3.63) is 0 Å². The van der Waals surface area contributed by atoms with Crippen LogP contribution in [0.5, 0.6) is 0 Å². The zero-order chi connectivity index (χ0) is 13.9. The maximum Gasteiger partial charge on any atom is 0.317 e. The second-order valence-corrected chi connectivity index (χ2v) is 6.00. The number of hydrogen-bond acceptors (Lipinski definition) is 2. The van der Waals surface area contributed by atoms with Gasteiger partial charge in [-0.05, 0) is 18.3 Å². The quantitative estimate of drug-likeness (QED) is 0.807. The highest BCUT2D eigenvalue weighted by Gasteiger charge is 2.35. The molecule has 0 heterocycles. The van der Waals surface area contributed by atoms with Crippen LogP contribution >= 0.6 is 0 Å². The lowest BCUT2D eigenvalue weighted by atomic mass is 9.87. The Hall–Kier alpha value is -1.26. The van der Waals surface area contributed by atoms with Gasteiger partial charge in [-0.1, -0.05) is 27.2 Å². The first-order chi connectivity index (χ1) is 8.24. The van der Waals surface area contributed by atoms with E-state index in [1.165, 1.54) is 4.90 Å². The Bertz CT molecular complexity index is 328. The van der Waals surface area contributed by atoms with Crippen LogP contribution in [0.1, 0.15) is 40.0 Å². The Morgan fingerprint density at radius 1 is 1.50 bits per heavy atom. The van der Waals surface area contributed by atoms with Gasteiger partial charge in [0.2, 0.25) is 0 Å². The molecular formula is C13H24N2O3. The number of hydrogen-bond donors (Lipinski definition) is 2. The van der Waals surface area contributed by atoms with Crippen molar-refractivity contribution in [3.8, 4) is 0 Å². The molecule has 0 radical (unpaired) electrons. The van der Waals surface area contributed by atoms with Gasteiger partial charge in [-0.2, -0.15) is 0 Å². The van der Waals surface area contributed by atoms with Crippen LogP contribution < -0.4 is 5.32 Å². The Morgan fingerprint density at radius 3 is 2.56 bits per heavy atom. The Kier molecular flexibility index (Phi) is 4.59. The minimum Gasteiger partial charge on any atom is -0.481 e. The molecule has 2 amide bonds. The molecule has 1 rings (SSSR count). The number of urea groups is 1. The first-order valence-corrected chi connectivity index (χ1v) is 6.48. The van der Waals surface area contributed by atoms with Crippen molar-refractivity contribution in [2.24, 2.45) is 11.3 Å². The molecule has 0 spiro atoms. The van der Waals surface area contributed by atoms with Crippen LogP contribution in [-0.4, -0.2) is 41.6 Å². The number of aliphatic carboxylic acids is 1. The third-order valence-electron chi connectivity index (χ3n) is 3.87. The summed E-state index contributed by atoms with van der Waals surface area (Å²) >= 11 is 0. The number of carbonyl (C=O) groups excluding carboxylic acids is 1. The zero-order valence-electron chi connectivity index (χ0n) is 11.7. The Labute approximate surface area is 109 Å². The third kappa shape index (κ3) is 3.62. The molecule has 1 saturated carbocycles. The van der Waals surface area contributed by atoms with E-state index in [4.69, 9.17) is 5.11 Å². The molecule has 5 heteroatoms. The zero-order valence-corrected chi connectivity index (χ0v) is 11.7. The van der Waals surface area contributed by atoms with Crippen molar-refractivity contribution in [2.75, 3.05) is 13.6 Å². The standard InChI is InChI=1S/C13H24N2O3/c1-9(11(16)17)8-15(4)12(18)14-10-6-5-7-13(10,2)3/h9-10H,5-8H2,1-4H3,(H,14,18)(H,16,17). The molecule has 1 aliphatic rings. The number of nitrogens with zero attached hydrogens (tertiary/aromatic N) is 1. The second-order valence-electron chi connectivity index (χ2n) is 6.00. The molecule has 0 aromatic heterocycles. The summed E-state index contributed by atoms with van der Waals surface area (Å²) < 4.78 is 0. The number of carbonyl (C=O) groups is 2. The molecule has 2 N–H and O–H groups in total. The molecular weight excluding hydrogens is 232 g/mol. The summed E-state index contributed by atoms with van der Waals surface area (Å²) in [5.74, 6) is -1.42. The van der Waals surface area contributed by atoms with Crippen LogP contribution in [0.3, 0.4) is 0 Å². The highest BCUT2D eigenvalue weighted by molar-refractivity contribution is 5.76. The molecule has 104 valence electrons.